The van der Waals surface area contributed by atoms with E-state index in [-0.39, 0.29) is 0 Å². The van der Waals surface area contributed by atoms with Crippen LogP contribution >= 0.6 is 15.9 Å². The van der Waals surface area contributed by atoms with Crippen LogP contribution in [0.3, 0.4) is 0 Å². The number of carbonyl (C=O) groups excluding carboxylic acids is 2. The van der Waals surface area contributed by atoms with Crippen LogP contribution in [0.15, 0.2) is 28.7 Å². The smallest absolute Gasteiger partial charge is 0.408 e. The zero-order valence-electron chi connectivity index (χ0n) is 10.9. The van der Waals surface area contributed by atoms with Crippen molar-refractivity contribution in [2.24, 2.45) is 0 Å². The highest BCUT2D eigenvalue weighted by Crippen LogP contribution is 2.17. The molecule has 104 valence electrons. The van der Waals surface area contributed by atoms with Gasteiger partial charge in [0.15, 0.2) is 0 Å². The van der Waals surface area contributed by atoms with Gasteiger partial charge in [-0.2, -0.15) is 0 Å². The second kappa shape index (κ2) is 6.06. The van der Waals surface area contributed by atoms with Crippen LogP contribution in [-0.4, -0.2) is 17.7 Å². The number of carbonyl (C=O) groups is 2. The molecule has 0 aliphatic rings. The fourth-order valence-electron chi connectivity index (χ4n) is 1.36. The molecule has 0 aromatic heterocycles. The second-order valence-corrected chi connectivity index (χ2v) is 5.87. The first-order chi connectivity index (χ1) is 8.69. The maximum absolute atomic E-state index is 11.6. The van der Waals surface area contributed by atoms with E-state index in [0.29, 0.717) is 5.56 Å². The number of nitrogens with one attached hydrogen (secondary N) is 1. The normalized spacial score (nSPS) is 12.6. The minimum Gasteiger partial charge on any atom is -0.548 e. The van der Waals surface area contributed by atoms with Crippen LogP contribution in [0.4, 0.5) is 4.79 Å². The summed E-state index contributed by atoms with van der Waals surface area (Å²) in [6.45, 7) is 5.08. The van der Waals surface area contributed by atoms with E-state index in [1.807, 2.05) is 0 Å². The van der Waals surface area contributed by atoms with Crippen molar-refractivity contribution >= 4 is 28.0 Å². The van der Waals surface area contributed by atoms with Gasteiger partial charge in [-0.3, -0.25) is 0 Å². The summed E-state index contributed by atoms with van der Waals surface area (Å²) >= 11 is 3.25. The first-order valence-corrected chi connectivity index (χ1v) is 6.44. The van der Waals surface area contributed by atoms with Crippen LogP contribution < -0.4 is 10.4 Å². The van der Waals surface area contributed by atoms with Gasteiger partial charge >= 0.3 is 6.09 Å². The molecule has 0 aliphatic carbocycles. The molecule has 6 heteroatoms. The van der Waals surface area contributed by atoms with Gasteiger partial charge < -0.3 is 20.0 Å². The predicted octanol–water partition coefficient (Wildman–Crippen LogP) is 1.76. The Balaban J connectivity index is 2.82. The summed E-state index contributed by atoms with van der Waals surface area (Å²) < 4.78 is 5.82. The van der Waals surface area contributed by atoms with Crippen LogP contribution in [0.2, 0.25) is 0 Å². The summed E-state index contributed by atoms with van der Waals surface area (Å²) in [6, 6.07) is 5.29. The molecule has 0 fully saturated rings. The van der Waals surface area contributed by atoms with Gasteiger partial charge in [0.1, 0.15) is 5.60 Å². The van der Waals surface area contributed by atoms with Crippen molar-refractivity contribution in [3.8, 4) is 0 Å². The predicted molar refractivity (Wildman–Crippen MR) is 71.3 cm³/mol. The molecule has 0 radical (unpaired) electrons. The molecule has 0 aliphatic heterocycles. The Bertz CT molecular complexity index is 465. The standard InChI is InChI=1S/C13H16BrNO4/c1-13(2,3)19-12(18)15-10(11(16)17)8-4-6-9(14)7-5-8/h4-7,10H,1-3H3,(H,15,18)(H,16,17)/p-1/t10-/m0/s1. The van der Waals surface area contributed by atoms with Gasteiger partial charge in [0.05, 0.1) is 12.0 Å². The summed E-state index contributed by atoms with van der Waals surface area (Å²) in [5, 5.41) is 13.4. The molecule has 1 aromatic carbocycles. The molecular formula is C13H15BrNO4-. The lowest BCUT2D eigenvalue weighted by Gasteiger charge is -2.24. The van der Waals surface area contributed by atoms with E-state index in [4.69, 9.17) is 4.74 Å². The molecule has 0 bridgehead atoms. The first kappa shape index (κ1) is 15.5. The number of aliphatic carboxylic acids is 1. The average molecular weight is 329 g/mol. The molecule has 1 rings (SSSR count). The van der Waals surface area contributed by atoms with Crippen molar-refractivity contribution < 1.29 is 19.4 Å². The molecule has 0 heterocycles. The second-order valence-electron chi connectivity index (χ2n) is 4.95. The number of hydrogen-bond acceptors (Lipinski definition) is 4. The number of carboxylic acid groups (broad SMARTS) is 1. The monoisotopic (exact) mass is 328 g/mol. The number of halogens is 1. The SMILES string of the molecule is CC(C)(C)OC(=O)N[C@H](C(=O)[O-])c1ccc(Br)cc1. The van der Waals surface area contributed by atoms with Crippen molar-refractivity contribution in [2.45, 2.75) is 32.4 Å². The zero-order valence-corrected chi connectivity index (χ0v) is 12.5. The van der Waals surface area contributed by atoms with E-state index in [2.05, 4.69) is 21.2 Å². The van der Waals surface area contributed by atoms with Gasteiger partial charge in [0.2, 0.25) is 0 Å². The third kappa shape index (κ3) is 5.30. The van der Waals surface area contributed by atoms with Crippen LogP contribution in [0.5, 0.6) is 0 Å². The van der Waals surface area contributed by atoms with Gasteiger partial charge in [0.25, 0.3) is 0 Å². The maximum Gasteiger partial charge on any atom is 0.408 e. The third-order valence-corrected chi connectivity index (χ3v) is 2.63. The van der Waals surface area contributed by atoms with E-state index in [1.54, 1.807) is 45.0 Å². The summed E-state index contributed by atoms with van der Waals surface area (Å²) in [5.74, 6) is -1.40. The third-order valence-electron chi connectivity index (χ3n) is 2.10. The van der Waals surface area contributed by atoms with Gasteiger partial charge in [-0.25, -0.2) is 4.79 Å². The van der Waals surface area contributed by atoms with Crippen LogP contribution in [0.25, 0.3) is 0 Å². The maximum atomic E-state index is 11.6. The summed E-state index contributed by atoms with van der Waals surface area (Å²) in [4.78, 5) is 22.7. The van der Waals surface area contributed by atoms with Gasteiger partial charge in [0, 0.05) is 4.47 Å². The number of benzene rings is 1. The minimum atomic E-state index is -1.40. The highest BCUT2D eigenvalue weighted by Gasteiger charge is 2.21. The molecule has 0 spiro atoms. The lowest BCUT2D eigenvalue weighted by atomic mass is 10.1. The number of hydrogen-bond donors (Lipinski definition) is 1. The van der Waals surface area contributed by atoms with Crippen LogP contribution in [-0.2, 0) is 9.53 Å². The molecule has 1 N–H and O–H groups in total. The summed E-state index contributed by atoms with van der Waals surface area (Å²) in [7, 11) is 0. The molecular weight excluding hydrogens is 314 g/mol. The van der Waals surface area contributed by atoms with Gasteiger partial charge in [-0.15, -0.1) is 0 Å². The van der Waals surface area contributed by atoms with E-state index < -0.39 is 23.7 Å². The van der Waals surface area contributed by atoms with Crippen molar-refractivity contribution in [3.63, 3.8) is 0 Å². The Morgan fingerprint density at radius 3 is 2.21 bits per heavy atom. The molecule has 0 saturated carbocycles. The van der Waals surface area contributed by atoms with E-state index in [9.17, 15) is 14.7 Å². The lowest BCUT2D eigenvalue weighted by molar-refractivity contribution is -0.308. The van der Waals surface area contributed by atoms with Crippen molar-refractivity contribution in [1.29, 1.82) is 0 Å². The topological polar surface area (TPSA) is 78.5 Å². The number of amides is 1. The van der Waals surface area contributed by atoms with Gasteiger partial charge in [-0.1, -0.05) is 28.1 Å². The van der Waals surface area contributed by atoms with Crippen molar-refractivity contribution in [1.82, 2.24) is 5.32 Å². The number of carboxylic acids is 1. The molecule has 1 atom stereocenters. The van der Waals surface area contributed by atoms with E-state index in [0.717, 1.165) is 4.47 Å². The summed E-state index contributed by atoms with van der Waals surface area (Å²) in [6.07, 6.45) is -0.801. The molecule has 0 unspecified atom stereocenters. The molecule has 19 heavy (non-hydrogen) atoms. The van der Waals surface area contributed by atoms with Crippen LogP contribution in [0.1, 0.15) is 32.4 Å². The van der Waals surface area contributed by atoms with Gasteiger partial charge in [-0.05, 0) is 38.5 Å². The number of rotatable bonds is 3. The first-order valence-electron chi connectivity index (χ1n) is 5.65. The Kier molecular flexibility index (Phi) is 4.94. The Hall–Kier alpha value is -1.56. The van der Waals surface area contributed by atoms with Crippen LogP contribution in [0, 0.1) is 0 Å². The fourth-order valence-corrected chi connectivity index (χ4v) is 1.62. The van der Waals surface area contributed by atoms with Crippen molar-refractivity contribution in [3.05, 3.63) is 34.3 Å². The molecule has 1 aromatic rings. The Morgan fingerprint density at radius 1 is 1.26 bits per heavy atom. The molecule has 0 saturated heterocycles. The Labute approximate surface area is 120 Å². The minimum absolute atomic E-state index is 0.411. The van der Waals surface area contributed by atoms with E-state index >= 15 is 0 Å². The highest BCUT2D eigenvalue weighted by molar-refractivity contribution is 9.10. The molecule has 5 nitrogen and oxygen atoms in total. The number of ether oxygens (including phenoxy) is 1. The number of alkyl carbamates (subject to hydrolysis) is 1. The van der Waals surface area contributed by atoms with E-state index in [1.165, 1.54) is 0 Å². The lowest BCUT2D eigenvalue weighted by Crippen LogP contribution is -2.43. The quantitative estimate of drug-likeness (QED) is 0.917. The average Bonchev–Trinajstić information content (AvgIpc) is 2.24. The highest BCUT2D eigenvalue weighted by atomic mass is 79.9. The zero-order chi connectivity index (χ0) is 14.6. The molecule has 1 amide bonds. The fraction of sp³-hybridized carbons (Fsp3) is 0.385. The summed E-state index contributed by atoms with van der Waals surface area (Å²) in [5.41, 5.74) is -0.283. The largest absolute Gasteiger partial charge is 0.548 e. The van der Waals surface area contributed by atoms with Crippen molar-refractivity contribution in [2.75, 3.05) is 0 Å². The Morgan fingerprint density at radius 2 is 1.79 bits per heavy atom.